The lowest BCUT2D eigenvalue weighted by Gasteiger charge is -2.15. The van der Waals surface area contributed by atoms with E-state index in [1.807, 2.05) is 35.8 Å². The highest BCUT2D eigenvalue weighted by molar-refractivity contribution is 7.14. The Morgan fingerprint density at radius 3 is 2.71 bits per heavy atom. The van der Waals surface area contributed by atoms with Crippen LogP contribution in [0.2, 0.25) is 5.02 Å². The van der Waals surface area contributed by atoms with E-state index in [0.29, 0.717) is 16.4 Å². The molecule has 0 aliphatic rings. The maximum absolute atomic E-state index is 11.0. The largest absolute Gasteiger partial charge is 0.383 e. The van der Waals surface area contributed by atoms with E-state index in [1.54, 1.807) is 17.4 Å². The van der Waals surface area contributed by atoms with Gasteiger partial charge in [-0.2, -0.15) is 0 Å². The molecule has 3 N–H and O–H groups in total. The van der Waals surface area contributed by atoms with Gasteiger partial charge >= 0.3 is 0 Å². The van der Waals surface area contributed by atoms with E-state index in [0.717, 1.165) is 22.8 Å². The van der Waals surface area contributed by atoms with E-state index in [2.05, 4.69) is 17.1 Å². The fourth-order valence-corrected chi connectivity index (χ4v) is 4.09. The molecule has 0 bridgehead atoms. The Morgan fingerprint density at radius 1 is 1.29 bits per heavy atom. The summed E-state index contributed by atoms with van der Waals surface area (Å²) in [5.74, 6) is 1.41. The summed E-state index contributed by atoms with van der Waals surface area (Å²) in [6.45, 7) is 4.25. The number of aliphatic hydroxyl groups excluding tert-OH is 1. The molecule has 3 aromatic rings. The van der Waals surface area contributed by atoms with Crippen molar-refractivity contribution in [2.45, 2.75) is 32.9 Å². The van der Waals surface area contributed by atoms with Crippen LogP contribution in [0.4, 0.5) is 0 Å². The smallest absolute Gasteiger partial charge is 0.152 e. The molecule has 3 rings (SSSR count). The molecule has 126 valence electrons. The van der Waals surface area contributed by atoms with Crippen molar-refractivity contribution in [2.75, 3.05) is 0 Å². The van der Waals surface area contributed by atoms with Crippen molar-refractivity contribution >= 4 is 22.9 Å². The van der Waals surface area contributed by atoms with Gasteiger partial charge in [0.1, 0.15) is 16.9 Å². The number of halogens is 1. The number of aryl methyl sites for hydroxylation is 2. The summed E-state index contributed by atoms with van der Waals surface area (Å²) < 4.78 is 1.92. The number of aromatic nitrogens is 3. The average Bonchev–Trinajstić information content (AvgIpc) is 3.17. The van der Waals surface area contributed by atoms with Gasteiger partial charge in [-0.05, 0) is 25.5 Å². The zero-order valence-corrected chi connectivity index (χ0v) is 15.1. The Morgan fingerprint density at radius 2 is 2.04 bits per heavy atom. The molecule has 0 fully saturated rings. The SMILES string of the molecule is CCc1cc(C(O)c2ccccc2Cl)c(-n2c(C)nnc2CN)s1. The second-order valence-corrected chi connectivity index (χ2v) is 6.98. The Labute approximate surface area is 149 Å². The molecule has 7 heteroatoms. The first kappa shape index (κ1) is 17.1. The lowest BCUT2D eigenvalue weighted by molar-refractivity contribution is 0.220. The predicted molar refractivity (Wildman–Crippen MR) is 96.8 cm³/mol. The van der Waals surface area contributed by atoms with Crippen molar-refractivity contribution in [1.29, 1.82) is 0 Å². The summed E-state index contributed by atoms with van der Waals surface area (Å²) in [5, 5.41) is 20.6. The van der Waals surface area contributed by atoms with Crippen molar-refractivity contribution < 1.29 is 5.11 Å². The summed E-state index contributed by atoms with van der Waals surface area (Å²) in [4.78, 5) is 1.17. The summed E-state index contributed by atoms with van der Waals surface area (Å²) in [7, 11) is 0. The van der Waals surface area contributed by atoms with Crippen molar-refractivity contribution in [3.05, 3.63) is 63.0 Å². The number of hydrogen-bond donors (Lipinski definition) is 2. The number of rotatable bonds is 5. The number of thiophene rings is 1. The van der Waals surface area contributed by atoms with E-state index >= 15 is 0 Å². The third kappa shape index (κ3) is 2.98. The number of nitrogens with two attached hydrogens (primary N) is 1. The standard InChI is InChI=1S/C17H19ClN4OS/c1-3-11-8-13(16(23)12-6-4-5-7-14(12)18)17(24-11)22-10(2)20-21-15(22)9-19/h4-8,16,23H,3,9,19H2,1-2H3. The molecule has 0 spiro atoms. The van der Waals surface area contributed by atoms with Crippen molar-refractivity contribution in [3.8, 4) is 5.00 Å². The highest BCUT2D eigenvalue weighted by Gasteiger charge is 2.23. The summed E-state index contributed by atoms with van der Waals surface area (Å²) >= 11 is 7.88. The third-order valence-corrected chi connectivity index (χ3v) is 5.54. The molecule has 2 heterocycles. The molecular weight excluding hydrogens is 344 g/mol. The maximum Gasteiger partial charge on any atom is 0.152 e. The number of aliphatic hydroxyl groups is 1. The minimum atomic E-state index is -0.822. The van der Waals surface area contributed by atoms with Gasteiger partial charge in [-0.1, -0.05) is 36.7 Å². The van der Waals surface area contributed by atoms with E-state index < -0.39 is 6.10 Å². The van der Waals surface area contributed by atoms with Gasteiger partial charge in [-0.15, -0.1) is 21.5 Å². The first-order valence-corrected chi connectivity index (χ1v) is 8.92. The predicted octanol–water partition coefficient (Wildman–Crippen LogP) is 3.39. The van der Waals surface area contributed by atoms with Crippen LogP contribution in [0.3, 0.4) is 0 Å². The maximum atomic E-state index is 11.0. The summed E-state index contributed by atoms with van der Waals surface area (Å²) in [5.41, 5.74) is 7.28. The fraction of sp³-hybridized carbons (Fsp3) is 0.294. The van der Waals surface area contributed by atoms with Gasteiger partial charge in [0.25, 0.3) is 0 Å². The van der Waals surface area contributed by atoms with Crippen LogP contribution in [0.15, 0.2) is 30.3 Å². The lowest BCUT2D eigenvalue weighted by atomic mass is 10.0. The zero-order valence-electron chi connectivity index (χ0n) is 13.5. The number of benzene rings is 1. The molecule has 0 saturated carbocycles. The number of hydrogen-bond acceptors (Lipinski definition) is 5. The zero-order chi connectivity index (χ0) is 17.3. The van der Waals surface area contributed by atoms with E-state index in [4.69, 9.17) is 17.3 Å². The topological polar surface area (TPSA) is 77.0 Å². The molecular formula is C17H19ClN4OS. The van der Waals surface area contributed by atoms with Crippen LogP contribution in [0.1, 0.15) is 40.7 Å². The molecule has 0 amide bonds. The minimum Gasteiger partial charge on any atom is -0.383 e. The summed E-state index contributed by atoms with van der Waals surface area (Å²) in [6.07, 6.45) is 0.0594. The van der Waals surface area contributed by atoms with Crippen molar-refractivity contribution in [3.63, 3.8) is 0 Å². The highest BCUT2D eigenvalue weighted by atomic mass is 35.5. The van der Waals surface area contributed by atoms with Gasteiger partial charge in [-0.3, -0.25) is 4.57 Å². The second kappa shape index (κ2) is 7.03. The molecule has 24 heavy (non-hydrogen) atoms. The van der Waals surface area contributed by atoms with Crippen LogP contribution >= 0.6 is 22.9 Å². The van der Waals surface area contributed by atoms with E-state index in [1.165, 1.54) is 4.88 Å². The van der Waals surface area contributed by atoms with Crippen LogP contribution < -0.4 is 5.73 Å². The first-order chi connectivity index (χ1) is 11.6. The van der Waals surface area contributed by atoms with Gasteiger partial charge in [0.05, 0.1) is 6.54 Å². The summed E-state index contributed by atoms with van der Waals surface area (Å²) in [6, 6.07) is 9.35. The molecule has 1 aromatic carbocycles. The second-order valence-electron chi connectivity index (χ2n) is 5.45. The quantitative estimate of drug-likeness (QED) is 0.729. The fourth-order valence-electron chi connectivity index (χ4n) is 2.66. The highest BCUT2D eigenvalue weighted by Crippen LogP contribution is 2.37. The Bertz CT molecular complexity index is 858. The van der Waals surface area contributed by atoms with Crippen LogP contribution in [-0.4, -0.2) is 19.9 Å². The minimum absolute atomic E-state index is 0.280. The molecule has 0 aliphatic heterocycles. The number of nitrogens with zero attached hydrogens (tertiary/aromatic N) is 3. The lowest BCUT2D eigenvalue weighted by Crippen LogP contribution is -2.10. The van der Waals surface area contributed by atoms with E-state index in [-0.39, 0.29) is 6.54 Å². The van der Waals surface area contributed by atoms with Gasteiger partial charge in [0, 0.05) is 21.0 Å². The Hall–Kier alpha value is -1.73. The van der Waals surface area contributed by atoms with Gasteiger partial charge in [0.2, 0.25) is 0 Å². The van der Waals surface area contributed by atoms with Crippen LogP contribution in [-0.2, 0) is 13.0 Å². The molecule has 0 saturated heterocycles. The third-order valence-electron chi connectivity index (χ3n) is 3.91. The van der Waals surface area contributed by atoms with Gasteiger partial charge in [0.15, 0.2) is 5.82 Å². The molecule has 1 atom stereocenters. The van der Waals surface area contributed by atoms with Crippen molar-refractivity contribution in [1.82, 2.24) is 14.8 Å². The average molecular weight is 363 g/mol. The Kier molecular flexibility index (Phi) is 5.01. The Balaban J connectivity index is 2.17. The van der Waals surface area contributed by atoms with Crippen LogP contribution in [0, 0.1) is 6.92 Å². The normalized spacial score (nSPS) is 12.5. The van der Waals surface area contributed by atoms with Crippen LogP contribution in [0.5, 0.6) is 0 Å². The first-order valence-electron chi connectivity index (χ1n) is 7.73. The van der Waals surface area contributed by atoms with Gasteiger partial charge in [-0.25, -0.2) is 0 Å². The molecule has 5 nitrogen and oxygen atoms in total. The van der Waals surface area contributed by atoms with Crippen LogP contribution in [0.25, 0.3) is 5.00 Å². The molecule has 0 radical (unpaired) electrons. The molecule has 2 aromatic heterocycles. The van der Waals surface area contributed by atoms with Gasteiger partial charge < -0.3 is 10.8 Å². The monoisotopic (exact) mass is 362 g/mol. The van der Waals surface area contributed by atoms with E-state index in [9.17, 15) is 5.11 Å². The molecule has 1 unspecified atom stereocenters. The van der Waals surface area contributed by atoms with Crippen molar-refractivity contribution in [2.24, 2.45) is 5.73 Å². The molecule has 0 aliphatic carbocycles.